The van der Waals surface area contributed by atoms with Gasteiger partial charge in [-0.25, -0.2) is 14.2 Å². The average Bonchev–Trinajstić information content (AvgIpc) is 3.12. The Kier molecular flexibility index (Phi) is 4.93. The van der Waals surface area contributed by atoms with Crippen LogP contribution in [-0.4, -0.2) is 27.0 Å². The highest BCUT2D eigenvalue weighted by molar-refractivity contribution is 6.04. The average molecular weight is 355 g/mol. The number of carboxylic acid groups (broad SMARTS) is 1. The molecule has 1 amide bonds. The molecule has 7 nitrogen and oxygen atoms in total. The highest BCUT2D eigenvalue weighted by Crippen LogP contribution is 2.22. The third-order valence-electron chi connectivity index (χ3n) is 3.52. The van der Waals surface area contributed by atoms with Gasteiger partial charge in [-0.15, -0.1) is 0 Å². The standard InChI is InChI=1S/C18H14FN3O4/c19-14-3-1-2-4-15(14)26-16-7-11(5-6-21-16)8-22-17(23)12-9-20-10-13(12)18(24)25/h1-7,9-10,20H,8H2,(H,22,23)(H,24,25). The van der Waals surface area contributed by atoms with Gasteiger partial charge in [-0.1, -0.05) is 12.1 Å². The Balaban J connectivity index is 1.67. The van der Waals surface area contributed by atoms with E-state index in [1.807, 2.05) is 0 Å². The van der Waals surface area contributed by atoms with E-state index in [9.17, 15) is 14.0 Å². The van der Waals surface area contributed by atoms with Gasteiger partial charge < -0.3 is 20.1 Å². The molecule has 0 aliphatic rings. The maximum Gasteiger partial charge on any atom is 0.338 e. The van der Waals surface area contributed by atoms with Gasteiger partial charge in [-0.05, 0) is 23.8 Å². The van der Waals surface area contributed by atoms with Crippen molar-refractivity contribution in [3.63, 3.8) is 0 Å². The number of aromatic carboxylic acids is 1. The second kappa shape index (κ2) is 7.47. The zero-order valence-corrected chi connectivity index (χ0v) is 13.4. The predicted molar refractivity (Wildman–Crippen MR) is 89.6 cm³/mol. The van der Waals surface area contributed by atoms with Crippen LogP contribution >= 0.6 is 0 Å². The van der Waals surface area contributed by atoms with Gasteiger partial charge in [0.2, 0.25) is 5.88 Å². The third-order valence-corrected chi connectivity index (χ3v) is 3.52. The lowest BCUT2D eigenvalue weighted by Crippen LogP contribution is -2.24. The van der Waals surface area contributed by atoms with E-state index in [0.717, 1.165) is 0 Å². The van der Waals surface area contributed by atoms with E-state index >= 15 is 0 Å². The van der Waals surface area contributed by atoms with Crippen molar-refractivity contribution < 1.29 is 23.8 Å². The Morgan fingerprint density at radius 3 is 2.73 bits per heavy atom. The minimum atomic E-state index is -1.19. The topological polar surface area (TPSA) is 104 Å². The summed E-state index contributed by atoms with van der Waals surface area (Å²) in [6, 6.07) is 9.15. The van der Waals surface area contributed by atoms with Gasteiger partial charge in [0.05, 0.1) is 11.1 Å². The number of hydrogen-bond donors (Lipinski definition) is 3. The fraction of sp³-hybridized carbons (Fsp3) is 0.0556. The molecule has 8 heteroatoms. The summed E-state index contributed by atoms with van der Waals surface area (Å²) >= 11 is 0. The van der Waals surface area contributed by atoms with E-state index in [-0.39, 0.29) is 29.3 Å². The highest BCUT2D eigenvalue weighted by atomic mass is 19.1. The van der Waals surface area contributed by atoms with Crippen molar-refractivity contribution in [3.8, 4) is 11.6 Å². The summed E-state index contributed by atoms with van der Waals surface area (Å²) in [6.07, 6.45) is 4.03. The summed E-state index contributed by atoms with van der Waals surface area (Å²) in [5.74, 6) is -2.02. The number of nitrogens with one attached hydrogen (secondary N) is 2. The van der Waals surface area contributed by atoms with Crippen LogP contribution in [0.4, 0.5) is 4.39 Å². The number of nitrogens with zero attached hydrogens (tertiary/aromatic N) is 1. The molecule has 0 radical (unpaired) electrons. The minimum absolute atomic E-state index is 0.0365. The van der Waals surface area contributed by atoms with Gasteiger partial charge in [0.15, 0.2) is 11.6 Å². The van der Waals surface area contributed by atoms with Crippen LogP contribution in [0, 0.1) is 5.82 Å². The lowest BCUT2D eigenvalue weighted by Gasteiger charge is -2.08. The Hall–Kier alpha value is -3.68. The SMILES string of the molecule is O=C(O)c1c[nH]cc1C(=O)NCc1ccnc(Oc2ccccc2F)c1. The Morgan fingerprint density at radius 2 is 1.96 bits per heavy atom. The molecule has 0 bridgehead atoms. The number of amides is 1. The molecule has 3 rings (SSSR count). The van der Waals surface area contributed by atoms with Crippen molar-refractivity contribution in [2.24, 2.45) is 0 Å². The molecule has 26 heavy (non-hydrogen) atoms. The van der Waals surface area contributed by atoms with Crippen LogP contribution < -0.4 is 10.1 Å². The van der Waals surface area contributed by atoms with Gasteiger partial charge in [0.25, 0.3) is 5.91 Å². The highest BCUT2D eigenvalue weighted by Gasteiger charge is 2.17. The number of ether oxygens (including phenoxy) is 1. The maximum atomic E-state index is 13.6. The second-order valence-corrected chi connectivity index (χ2v) is 5.31. The van der Waals surface area contributed by atoms with Gasteiger partial charge >= 0.3 is 5.97 Å². The summed E-state index contributed by atoms with van der Waals surface area (Å²) in [6.45, 7) is 0.124. The number of aromatic nitrogens is 2. The van der Waals surface area contributed by atoms with Crippen molar-refractivity contribution in [1.82, 2.24) is 15.3 Å². The normalized spacial score (nSPS) is 10.3. The van der Waals surface area contributed by atoms with Crippen molar-refractivity contribution in [2.45, 2.75) is 6.54 Å². The van der Waals surface area contributed by atoms with Gasteiger partial charge in [0, 0.05) is 31.2 Å². The molecule has 2 heterocycles. The van der Waals surface area contributed by atoms with Crippen LogP contribution in [0.15, 0.2) is 55.0 Å². The van der Waals surface area contributed by atoms with E-state index < -0.39 is 17.7 Å². The summed E-state index contributed by atoms with van der Waals surface area (Å²) < 4.78 is 19.0. The van der Waals surface area contributed by atoms with E-state index in [1.165, 1.54) is 30.7 Å². The number of aromatic amines is 1. The van der Waals surface area contributed by atoms with Gasteiger partial charge in [0.1, 0.15) is 0 Å². The Bertz CT molecular complexity index is 955. The number of carboxylic acids is 1. The lowest BCUT2D eigenvalue weighted by atomic mass is 10.2. The molecule has 3 N–H and O–H groups in total. The molecule has 0 spiro atoms. The van der Waals surface area contributed by atoms with E-state index in [2.05, 4.69) is 15.3 Å². The molecule has 0 atom stereocenters. The molecule has 2 aromatic heterocycles. The van der Waals surface area contributed by atoms with E-state index in [0.29, 0.717) is 5.56 Å². The smallest absolute Gasteiger partial charge is 0.338 e. The first-order chi connectivity index (χ1) is 12.5. The first kappa shape index (κ1) is 17.2. The fourth-order valence-electron chi connectivity index (χ4n) is 2.26. The summed E-state index contributed by atoms with van der Waals surface area (Å²) in [7, 11) is 0. The van der Waals surface area contributed by atoms with Crippen LogP contribution in [0.25, 0.3) is 0 Å². The van der Waals surface area contributed by atoms with Crippen molar-refractivity contribution in [2.75, 3.05) is 0 Å². The van der Waals surface area contributed by atoms with Crippen molar-refractivity contribution in [3.05, 3.63) is 77.5 Å². The van der Waals surface area contributed by atoms with Crippen molar-refractivity contribution >= 4 is 11.9 Å². The molecular weight excluding hydrogens is 341 g/mol. The summed E-state index contributed by atoms with van der Waals surface area (Å²) in [4.78, 5) is 29.8. The Labute approximate surface area is 147 Å². The van der Waals surface area contributed by atoms with Gasteiger partial charge in [-0.2, -0.15) is 0 Å². The quantitative estimate of drug-likeness (QED) is 0.631. The molecule has 0 fully saturated rings. The summed E-state index contributed by atoms with van der Waals surface area (Å²) in [5, 5.41) is 11.7. The first-order valence-electron chi connectivity index (χ1n) is 7.60. The van der Waals surface area contributed by atoms with Crippen molar-refractivity contribution in [1.29, 1.82) is 0 Å². The summed E-state index contributed by atoms with van der Waals surface area (Å²) in [5.41, 5.74) is 0.585. The third kappa shape index (κ3) is 3.86. The molecule has 0 aliphatic carbocycles. The molecule has 0 aliphatic heterocycles. The first-order valence-corrected chi connectivity index (χ1v) is 7.60. The largest absolute Gasteiger partial charge is 0.478 e. The number of pyridine rings is 1. The van der Waals surface area contributed by atoms with Gasteiger partial charge in [-0.3, -0.25) is 4.79 Å². The van der Waals surface area contributed by atoms with E-state index in [4.69, 9.17) is 9.84 Å². The number of carbonyl (C=O) groups excluding carboxylic acids is 1. The maximum absolute atomic E-state index is 13.6. The fourth-order valence-corrected chi connectivity index (χ4v) is 2.26. The number of H-pyrrole nitrogens is 1. The van der Waals surface area contributed by atoms with Crippen LogP contribution in [0.2, 0.25) is 0 Å². The van der Waals surface area contributed by atoms with Crippen LogP contribution in [-0.2, 0) is 6.54 Å². The minimum Gasteiger partial charge on any atom is -0.478 e. The second-order valence-electron chi connectivity index (χ2n) is 5.31. The molecule has 0 saturated heterocycles. The number of benzene rings is 1. The zero-order valence-electron chi connectivity index (χ0n) is 13.4. The van der Waals surface area contributed by atoms with E-state index in [1.54, 1.807) is 24.3 Å². The lowest BCUT2D eigenvalue weighted by molar-refractivity contribution is 0.0691. The molecule has 1 aromatic carbocycles. The molecular formula is C18H14FN3O4. The zero-order chi connectivity index (χ0) is 18.5. The number of halogens is 1. The molecule has 3 aromatic rings. The number of para-hydroxylation sites is 1. The number of rotatable bonds is 6. The molecule has 0 saturated carbocycles. The van der Waals surface area contributed by atoms with Crippen LogP contribution in [0.1, 0.15) is 26.3 Å². The Morgan fingerprint density at radius 1 is 1.19 bits per heavy atom. The molecule has 0 unspecified atom stereocenters. The monoisotopic (exact) mass is 355 g/mol. The molecule has 132 valence electrons. The number of hydrogen-bond acceptors (Lipinski definition) is 4. The predicted octanol–water partition coefficient (Wildman–Crippen LogP) is 2.97. The van der Waals surface area contributed by atoms with Crippen LogP contribution in [0.3, 0.4) is 0 Å². The number of carbonyl (C=O) groups is 2. The van der Waals surface area contributed by atoms with Crippen LogP contribution in [0.5, 0.6) is 11.6 Å².